The van der Waals surface area contributed by atoms with Crippen LogP contribution < -0.4 is 10.0 Å². The van der Waals surface area contributed by atoms with Crippen LogP contribution in [0.5, 0.6) is 0 Å². The van der Waals surface area contributed by atoms with Crippen LogP contribution in [0.25, 0.3) is 0 Å². The Bertz CT molecular complexity index is 592. The maximum absolute atomic E-state index is 12.4. The van der Waals surface area contributed by atoms with E-state index in [2.05, 4.69) is 10.0 Å². The smallest absolute Gasteiger partial charge is 0.240 e. The van der Waals surface area contributed by atoms with E-state index in [1.807, 2.05) is 19.1 Å². The van der Waals surface area contributed by atoms with Crippen molar-refractivity contribution in [1.29, 1.82) is 0 Å². The Morgan fingerprint density at radius 3 is 2.67 bits per heavy atom. The first kappa shape index (κ1) is 15.0. The molecule has 2 aliphatic rings. The molecule has 2 aliphatic carbocycles. The highest BCUT2D eigenvalue weighted by Crippen LogP contribution is 2.33. The SMILES string of the molecule is CC(CC1CC1)NS(=O)(=O)c1cccc(CNC2CC2)c1. The summed E-state index contributed by atoms with van der Waals surface area (Å²) in [5, 5.41) is 3.41. The second-order valence-corrected chi connectivity index (χ2v) is 8.22. The van der Waals surface area contributed by atoms with E-state index in [-0.39, 0.29) is 6.04 Å². The normalized spacial score (nSPS) is 20.4. The summed E-state index contributed by atoms with van der Waals surface area (Å²) in [4.78, 5) is 0.375. The quantitative estimate of drug-likeness (QED) is 0.775. The predicted octanol–water partition coefficient (Wildman–Crippen LogP) is 2.41. The van der Waals surface area contributed by atoms with Gasteiger partial charge in [-0.2, -0.15) is 0 Å². The van der Waals surface area contributed by atoms with E-state index in [9.17, 15) is 8.42 Å². The highest BCUT2D eigenvalue weighted by Gasteiger charge is 2.26. The molecule has 0 amide bonds. The summed E-state index contributed by atoms with van der Waals surface area (Å²) in [5.41, 5.74) is 1.03. The zero-order valence-corrected chi connectivity index (χ0v) is 13.3. The van der Waals surface area contributed by atoms with Crippen molar-refractivity contribution in [2.24, 2.45) is 5.92 Å². The summed E-state index contributed by atoms with van der Waals surface area (Å²) in [7, 11) is -3.40. The number of rotatable bonds is 8. The minimum atomic E-state index is -3.40. The molecule has 0 aliphatic heterocycles. The minimum Gasteiger partial charge on any atom is -0.310 e. The van der Waals surface area contributed by atoms with Crippen LogP contribution in [0.15, 0.2) is 29.2 Å². The van der Waals surface area contributed by atoms with Crippen molar-refractivity contribution in [2.75, 3.05) is 0 Å². The van der Waals surface area contributed by atoms with Crippen molar-refractivity contribution >= 4 is 10.0 Å². The second kappa shape index (κ2) is 6.07. The highest BCUT2D eigenvalue weighted by atomic mass is 32.2. The molecule has 5 heteroatoms. The zero-order chi connectivity index (χ0) is 14.9. The number of hydrogen-bond donors (Lipinski definition) is 2. The first-order chi connectivity index (χ1) is 10.0. The Kier molecular flexibility index (Phi) is 4.33. The summed E-state index contributed by atoms with van der Waals surface area (Å²) in [5.74, 6) is 0.719. The summed E-state index contributed by atoms with van der Waals surface area (Å²) in [6, 6.07) is 7.89. The maximum Gasteiger partial charge on any atom is 0.240 e. The maximum atomic E-state index is 12.4. The van der Waals surface area contributed by atoms with Gasteiger partial charge in [0.2, 0.25) is 10.0 Å². The van der Waals surface area contributed by atoms with Gasteiger partial charge in [0.05, 0.1) is 4.90 Å². The van der Waals surface area contributed by atoms with Crippen LogP contribution in [0.2, 0.25) is 0 Å². The lowest BCUT2D eigenvalue weighted by molar-refractivity contribution is 0.530. The summed E-state index contributed by atoms with van der Waals surface area (Å²) in [6.07, 6.45) is 5.90. The molecular weight excluding hydrogens is 284 g/mol. The molecule has 1 aromatic rings. The van der Waals surface area contributed by atoms with E-state index in [0.29, 0.717) is 10.9 Å². The van der Waals surface area contributed by atoms with E-state index >= 15 is 0 Å². The molecule has 2 fully saturated rings. The van der Waals surface area contributed by atoms with Crippen molar-refractivity contribution in [1.82, 2.24) is 10.0 Å². The van der Waals surface area contributed by atoms with Gasteiger partial charge in [-0.05, 0) is 49.8 Å². The Balaban J connectivity index is 1.63. The Morgan fingerprint density at radius 1 is 1.24 bits per heavy atom. The Labute approximate surface area is 127 Å². The van der Waals surface area contributed by atoms with Crippen molar-refractivity contribution in [2.45, 2.75) is 62.6 Å². The van der Waals surface area contributed by atoms with Crippen molar-refractivity contribution in [3.05, 3.63) is 29.8 Å². The van der Waals surface area contributed by atoms with Crippen LogP contribution in [0.3, 0.4) is 0 Å². The van der Waals surface area contributed by atoms with E-state index in [4.69, 9.17) is 0 Å². The molecule has 2 N–H and O–H groups in total. The van der Waals surface area contributed by atoms with Gasteiger partial charge < -0.3 is 5.32 Å². The van der Waals surface area contributed by atoms with Gasteiger partial charge in [-0.3, -0.25) is 0 Å². The van der Waals surface area contributed by atoms with Crippen molar-refractivity contribution in [3.63, 3.8) is 0 Å². The number of nitrogens with one attached hydrogen (secondary N) is 2. The fraction of sp³-hybridized carbons (Fsp3) is 0.625. The summed E-state index contributed by atoms with van der Waals surface area (Å²) >= 11 is 0. The summed E-state index contributed by atoms with van der Waals surface area (Å²) < 4.78 is 27.6. The monoisotopic (exact) mass is 308 g/mol. The first-order valence-corrected chi connectivity index (χ1v) is 9.36. The van der Waals surface area contributed by atoms with Crippen LogP contribution in [0.1, 0.15) is 44.6 Å². The number of benzene rings is 1. The zero-order valence-electron chi connectivity index (χ0n) is 12.5. The van der Waals surface area contributed by atoms with Gasteiger partial charge in [0.25, 0.3) is 0 Å². The molecule has 21 heavy (non-hydrogen) atoms. The molecule has 2 saturated carbocycles. The second-order valence-electron chi connectivity index (χ2n) is 6.50. The standard InChI is InChI=1S/C16H24N2O2S/c1-12(9-13-5-6-13)18-21(19,20)16-4-2-3-14(10-16)11-17-15-7-8-15/h2-4,10,12-13,15,17-18H,5-9,11H2,1H3. The van der Waals surface area contributed by atoms with Crippen LogP contribution in [-0.4, -0.2) is 20.5 Å². The third-order valence-corrected chi connectivity index (χ3v) is 5.71. The lowest BCUT2D eigenvalue weighted by Crippen LogP contribution is -2.33. The van der Waals surface area contributed by atoms with Crippen LogP contribution in [0.4, 0.5) is 0 Å². The molecule has 0 saturated heterocycles. The van der Waals surface area contributed by atoms with Gasteiger partial charge in [-0.15, -0.1) is 0 Å². The van der Waals surface area contributed by atoms with E-state index < -0.39 is 10.0 Å². The number of sulfonamides is 1. The van der Waals surface area contributed by atoms with E-state index in [1.54, 1.807) is 12.1 Å². The first-order valence-electron chi connectivity index (χ1n) is 7.87. The molecule has 0 heterocycles. The van der Waals surface area contributed by atoms with E-state index in [0.717, 1.165) is 24.4 Å². The molecule has 3 rings (SSSR count). The fourth-order valence-electron chi connectivity index (χ4n) is 2.61. The minimum absolute atomic E-state index is 0.00995. The average molecular weight is 308 g/mol. The third-order valence-electron chi connectivity index (χ3n) is 4.12. The topological polar surface area (TPSA) is 58.2 Å². The van der Waals surface area contributed by atoms with Crippen LogP contribution >= 0.6 is 0 Å². The molecule has 0 bridgehead atoms. The fourth-order valence-corrected chi connectivity index (χ4v) is 3.93. The van der Waals surface area contributed by atoms with Gasteiger partial charge in [0, 0.05) is 18.6 Å². The summed E-state index contributed by atoms with van der Waals surface area (Å²) in [6.45, 7) is 2.69. The highest BCUT2D eigenvalue weighted by molar-refractivity contribution is 7.89. The van der Waals surface area contributed by atoms with Gasteiger partial charge in [-0.25, -0.2) is 13.1 Å². The largest absolute Gasteiger partial charge is 0.310 e. The lowest BCUT2D eigenvalue weighted by Gasteiger charge is -2.14. The average Bonchev–Trinajstić information content (AvgIpc) is 3.31. The van der Waals surface area contributed by atoms with Crippen LogP contribution in [0, 0.1) is 5.92 Å². The van der Waals surface area contributed by atoms with Crippen molar-refractivity contribution < 1.29 is 8.42 Å². The molecular formula is C16H24N2O2S. The number of hydrogen-bond acceptors (Lipinski definition) is 3. The predicted molar refractivity (Wildman–Crippen MR) is 83.4 cm³/mol. The molecule has 1 unspecified atom stereocenters. The molecule has 4 nitrogen and oxygen atoms in total. The van der Waals surface area contributed by atoms with Crippen LogP contribution in [-0.2, 0) is 16.6 Å². The molecule has 116 valence electrons. The molecule has 1 atom stereocenters. The van der Waals surface area contributed by atoms with E-state index in [1.165, 1.54) is 25.7 Å². The molecule has 0 spiro atoms. The van der Waals surface area contributed by atoms with Gasteiger partial charge >= 0.3 is 0 Å². The molecule has 0 aromatic heterocycles. The Hall–Kier alpha value is -0.910. The van der Waals surface area contributed by atoms with Gasteiger partial charge in [0.1, 0.15) is 0 Å². The van der Waals surface area contributed by atoms with Crippen molar-refractivity contribution in [3.8, 4) is 0 Å². The van der Waals surface area contributed by atoms with Gasteiger partial charge in [-0.1, -0.05) is 25.0 Å². The van der Waals surface area contributed by atoms with Gasteiger partial charge in [0.15, 0.2) is 0 Å². The Morgan fingerprint density at radius 2 is 2.00 bits per heavy atom. The third kappa shape index (κ3) is 4.53. The molecule has 1 aromatic carbocycles. The lowest BCUT2D eigenvalue weighted by atomic mass is 10.2. The molecule has 0 radical (unpaired) electrons.